The molecule has 0 amide bonds. The number of hydrogen-bond donors (Lipinski definition) is 5. The van der Waals surface area contributed by atoms with E-state index in [9.17, 15) is 18.8 Å². The van der Waals surface area contributed by atoms with Gasteiger partial charge in [-0.3, -0.25) is 32.5 Å². The molecule has 234 valence electrons. The normalized spacial score (nSPS) is 39.0. The van der Waals surface area contributed by atoms with E-state index in [2.05, 4.69) is 42.2 Å². The molecule has 8 rings (SSSR count). The molecular formula is C21H24N10O10P2S. The lowest BCUT2D eigenvalue weighted by atomic mass is 10.0. The highest BCUT2D eigenvalue weighted by Gasteiger charge is 2.69. The maximum atomic E-state index is 14.0. The Labute approximate surface area is 250 Å². The monoisotopic (exact) mass is 670 g/mol. The quantitative estimate of drug-likeness (QED) is 0.140. The number of fused-ring (bicyclic) bond motifs is 4. The molecule has 20 nitrogen and oxygen atoms in total. The van der Waals surface area contributed by atoms with Gasteiger partial charge in [-0.05, 0) is 0 Å². The van der Waals surface area contributed by atoms with Gasteiger partial charge in [0.1, 0.15) is 35.3 Å². The lowest BCUT2D eigenvalue weighted by Gasteiger charge is -2.33. The average Bonchev–Trinajstić information content (AvgIpc) is 3.77. The molecule has 4 bridgehead atoms. The van der Waals surface area contributed by atoms with Gasteiger partial charge in [0, 0.05) is 6.42 Å². The zero-order valence-electron chi connectivity index (χ0n) is 22.3. The maximum Gasteiger partial charge on any atom is 0.386 e. The number of nitrogens with two attached hydrogens (primary N) is 2. The first-order chi connectivity index (χ1) is 20.9. The van der Waals surface area contributed by atoms with Crippen molar-refractivity contribution in [1.29, 1.82) is 0 Å². The molecule has 0 saturated carbocycles. The molecule has 23 heteroatoms. The molecule has 6 N–H and O–H groups in total. The molecule has 4 aromatic rings. The third-order valence-corrected chi connectivity index (χ3v) is 11.7. The average molecular weight is 670 g/mol. The van der Waals surface area contributed by atoms with Crippen LogP contribution in [0, 0.1) is 0 Å². The van der Waals surface area contributed by atoms with E-state index >= 15 is 0 Å². The number of anilines is 2. The third-order valence-electron chi connectivity index (χ3n) is 8.08. The zero-order chi connectivity index (χ0) is 30.6. The largest absolute Gasteiger partial charge is 0.386 e. The summed E-state index contributed by atoms with van der Waals surface area (Å²) in [5.41, 5.74) is 8.89. The van der Waals surface area contributed by atoms with Crippen LogP contribution in [0.25, 0.3) is 22.3 Å². The molecule has 4 saturated heterocycles. The molecule has 4 aliphatic heterocycles. The second kappa shape index (κ2) is 9.76. The highest BCUT2D eigenvalue weighted by atomic mass is 32.7. The Morgan fingerprint density at radius 1 is 1.05 bits per heavy atom. The van der Waals surface area contributed by atoms with Gasteiger partial charge in [-0.1, -0.05) is 12.2 Å². The fourth-order valence-corrected chi connectivity index (χ4v) is 9.69. The van der Waals surface area contributed by atoms with E-state index in [0.717, 1.165) is 0 Å². The number of hydrogen-bond acceptors (Lipinski definition) is 16. The summed E-state index contributed by atoms with van der Waals surface area (Å²) < 4.78 is 66.2. The van der Waals surface area contributed by atoms with Crippen molar-refractivity contribution in [3.8, 4) is 0 Å². The second-order valence-electron chi connectivity index (χ2n) is 10.8. The van der Waals surface area contributed by atoms with Gasteiger partial charge in [0.05, 0.1) is 38.6 Å². The minimum atomic E-state index is -4.57. The fraction of sp³-hybridized carbons (Fsp3) is 0.524. The molecular weight excluding hydrogens is 646 g/mol. The Morgan fingerprint density at radius 2 is 1.82 bits per heavy atom. The third kappa shape index (κ3) is 4.34. The summed E-state index contributed by atoms with van der Waals surface area (Å²) in [7, 11) is -4.57. The lowest BCUT2D eigenvalue weighted by molar-refractivity contribution is -0.180. The highest BCUT2D eigenvalue weighted by Crippen LogP contribution is 2.66. The number of ether oxygens (including phenoxy) is 3. The van der Waals surface area contributed by atoms with E-state index in [-0.39, 0.29) is 42.6 Å². The highest BCUT2D eigenvalue weighted by molar-refractivity contribution is 8.44. The van der Waals surface area contributed by atoms with Crippen LogP contribution < -0.4 is 17.0 Å². The van der Waals surface area contributed by atoms with E-state index in [4.69, 9.17) is 39.2 Å². The molecule has 0 aliphatic carbocycles. The second-order valence-corrected chi connectivity index (χ2v) is 15.6. The number of aromatic nitrogens is 8. The lowest BCUT2D eigenvalue weighted by Crippen LogP contribution is -2.45. The number of imidazole rings is 2. The summed E-state index contributed by atoms with van der Waals surface area (Å²) in [5, 5.41) is 0. The van der Waals surface area contributed by atoms with Gasteiger partial charge in [0.25, 0.3) is 5.56 Å². The molecule has 8 heterocycles. The molecule has 4 aliphatic rings. The Bertz CT molecular complexity index is 1970. The number of nitrogen functional groups attached to an aromatic ring is 2. The van der Waals surface area contributed by atoms with Gasteiger partial charge in [0.2, 0.25) is 5.95 Å². The van der Waals surface area contributed by atoms with Crippen LogP contribution in [-0.4, -0.2) is 93.3 Å². The van der Waals surface area contributed by atoms with Crippen LogP contribution in [0.3, 0.4) is 0 Å². The molecule has 9 atom stereocenters. The van der Waals surface area contributed by atoms with Crippen molar-refractivity contribution in [3.05, 3.63) is 29.3 Å². The van der Waals surface area contributed by atoms with E-state index in [1.54, 1.807) is 0 Å². The van der Waals surface area contributed by atoms with Gasteiger partial charge in [0.15, 0.2) is 35.1 Å². The van der Waals surface area contributed by atoms with E-state index in [0.29, 0.717) is 11.2 Å². The Kier molecular flexibility index (Phi) is 6.32. The summed E-state index contributed by atoms with van der Waals surface area (Å²) in [6.45, 7) is -5.24. The number of H-pyrrole nitrogens is 1. The predicted octanol–water partition coefficient (Wildman–Crippen LogP) is 0.102. The first-order valence-corrected chi connectivity index (χ1v) is 17.5. The van der Waals surface area contributed by atoms with Gasteiger partial charge >= 0.3 is 14.4 Å². The molecule has 4 fully saturated rings. The number of thiol groups is 1. The van der Waals surface area contributed by atoms with Crippen molar-refractivity contribution >= 4 is 60.7 Å². The van der Waals surface area contributed by atoms with Crippen LogP contribution in [0.2, 0.25) is 0 Å². The van der Waals surface area contributed by atoms with E-state index in [1.807, 2.05) is 0 Å². The molecule has 44 heavy (non-hydrogen) atoms. The molecule has 4 aromatic heterocycles. The number of rotatable bonds is 2. The van der Waals surface area contributed by atoms with Crippen molar-refractivity contribution in [3.63, 3.8) is 0 Å². The Hall–Kier alpha value is -2.97. The van der Waals surface area contributed by atoms with Crippen LogP contribution in [0.4, 0.5) is 11.8 Å². The van der Waals surface area contributed by atoms with Crippen LogP contribution in [0.15, 0.2) is 23.8 Å². The minimum Gasteiger partial charge on any atom is -0.382 e. The fourth-order valence-electron chi connectivity index (χ4n) is 6.23. The summed E-state index contributed by atoms with van der Waals surface area (Å²) in [4.78, 5) is 46.7. The summed E-state index contributed by atoms with van der Waals surface area (Å²) in [6.07, 6.45) is -0.901. The first kappa shape index (κ1) is 28.5. The SMILES string of the molecule is Nc1nc2c(ncn2[C@@H]2O[C@@H]3COP(=O)(O)[C@H]4[C@H]5OC[C@]4(CO[P@](=O)(S)O[C@@H]2C3)O[C@H]5n2cnc3c(N)ncnc32)c(=O)[nH]1. The smallest absolute Gasteiger partial charge is 0.382 e. The van der Waals surface area contributed by atoms with Crippen LogP contribution in [-0.2, 0) is 36.9 Å². The van der Waals surface area contributed by atoms with Crippen molar-refractivity contribution in [2.75, 3.05) is 31.3 Å². The number of nitrogens with one attached hydrogen (secondary N) is 1. The van der Waals surface area contributed by atoms with Crippen molar-refractivity contribution in [2.24, 2.45) is 0 Å². The Balaban J connectivity index is 1.14. The molecule has 1 unspecified atom stereocenters. The van der Waals surface area contributed by atoms with E-state index in [1.165, 1.54) is 28.1 Å². The van der Waals surface area contributed by atoms with Crippen molar-refractivity contribution in [1.82, 2.24) is 39.0 Å². The van der Waals surface area contributed by atoms with Crippen LogP contribution >= 0.6 is 26.6 Å². The molecule has 0 radical (unpaired) electrons. The minimum absolute atomic E-state index is 0.0150. The van der Waals surface area contributed by atoms with Crippen LogP contribution in [0.5, 0.6) is 0 Å². The summed E-state index contributed by atoms with van der Waals surface area (Å²) in [6, 6.07) is 0. The number of aromatic amines is 1. The summed E-state index contributed by atoms with van der Waals surface area (Å²) >= 11 is 4.19. The van der Waals surface area contributed by atoms with Crippen LogP contribution in [0.1, 0.15) is 18.9 Å². The van der Waals surface area contributed by atoms with E-state index < -0.39 is 68.6 Å². The number of nitrogens with zero attached hydrogens (tertiary/aromatic N) is 7. The van der Waals surface area contributed by atoms with Gasteiger partial charge < -0.3 is 35.1 Å². The van der Waals surface area contributed by atoms with Gasteiger partial charge in [-0.15, -0.1) is 0 Å². The zero-order valence-corrected chi connectivity index (χ0v) is 25.0. The topological polar surface area (TPSA) is 269 Å². The first-order valence-electron chi connectivity index (χ1n) is 13.2. The maximum absolute atomic E-state index is 14.0. The predicted molar refractivity (Wildman–Crippen MR) is 150 cm³/mol. The van der Waals surface area contributed by atoms with Crippen molar-refractivity contribution in [2.45, 2.75) is 48.4 Å². The van der Waals surface area contributed by atoms with Gasteiger partial charge in [-0.2, -0.15) is 4.98 Å². The standard InChI is InChI=1S/C21H24N10O10P2S/c22-14-10-15(25-5-24-14)30(6-26-10)19-12-13-21(40-19,3-36-12)4-38-43(35,44)41-9-1-8(2-37-42(13,33)34)39-18(9)31-7-27-11-16(31)28-20(23)29-17(11)32/h5-9,12-13,18-19H,1-4H2,(H,33,34)(H,35,44)(H2,22,24,25)(H3,23,28,29,32)/t8-,9+,12+,13-,18+,19+,21+,43-/m0/s1. The van der Waals surface area contributed by atoms with Gasteiger partial charge in [-0.25, -0.2) is 24.5 Å². The summed E-state index contributed by atoms with van der Waals surface area (Å²) in [5.74, 6) is -0.0193. The Morgan fingerprint density at radius 3 is 2.64 bits per heavy atom. The van der Waals surface area contributed by atoms with Crippen molar-refractivity contribution < 1.29 is 41.8 Å². The molecule has 0 spiro atoms. The molecule has 0 aromatic carbocycles.